The van der Waals surface area contributed by atoms with Gasteiger partial charge in [0.1, 0.15) is 0 Å². The Morgan fingerprint density at radius 1 is 1.21 bits per heavy atom. The molecule has 1 saturated heterocycles. The molecule has 1 aromatic rings. The molecule has 3 nitrogen and oxygen atoms in total. The summed E-state index contributed by atoms with van der Waals surface area (Å²) in [4.78, 5) is 3.68. The molecule has 0 aromatic carbocycles. The Morgan fingerprint density at radius 2 is 1.79 bits per heavy atom. The van der Waals surface area contributed by atoms with E-state index < -0.39 is 13.1 Å². The second-order valence-electron chi connectivity index (χ2n) is 5.86. The van der Waals surface area contributed by atoms with E-state index in [1.54, 1.807) is 13.0 Å². The first-order valence-corrected chi connectivity index (χ1v) is 6.37. The molecule has 2 rings (SSSR count). The summed E-state index contributed by atoms with van der Waals surface area (Å²) in [7, 11) is -0.393. The lowest BCUT2D eigenvalue weighted by atomic mass is 9.89. The minimum absolute atomic E-state index is 0.348. The van der Waals surface area contributed by atoms with Crippen LogP contribution in [0.15, 0.2) is 18.2 Å². The lowest BCUT2D eigenvalue weighted by molar-refractivity contribution is 0.00578. The topological polar surface area (TPSA) is 31.4 Å². The van der Waals surface area contributed by atoms with Gasteiger partial charge in [-0.1, -0.05) is 12.1 Å². The maximum atomic E-state index is 13.1. The van der Waals surface area contributed by atoms with Crippen molar-refractivity contribution in [1.82, 2.24) is 4.98 Å². The standard InChI is InChI=1S/C14H19BFNO2/c1-10-8-11(9-17-12(10)16)6-7-15-18-13(2,3)14(4,5)19-15/h6-9H,1-5H3/b7-6+. The molecule has 0 unspecified atom stereocenters. The molecule has 1 fully saturated rings. The van der Waals surface area contributed by atoms with E-state index in [1.165, 1.54) is 6.20 Å². The van der Waals surface area contributed by atoms with Gasteiger partial charge in [-0.15, -0.1) is 0 Å². The van der Waals surface area contributed by atoms with Crippen LogP contribution in [-0.4, -0.2) is 23.3 Å². The van der Waals surface area contributed by atoms with Crippen molar-refractivity contribution in [3.63, 3.8) is 0 Å². The minimum Gasteiger partial charge on any atom is -0.400 e. The van der Waals surface area contributed by atoms with Gasteiger partial charge < -0.3 is 9.31 Å². The summed E-state index contributed by atoms with van der Waals surface area (Å²) in [6, 6.07) is 1.74. The Balaban J connectivity index is 2.10. The van der Waals surface area contributed by atoms with Crippen molar-refractivity contribution in [3.05, 3.63) is 35.3 Å². The molecular formula is C14H19BFNO2. The average Bonchev–Trinajstić information content (AvgIpc) is 2.49. The zero-order chi connectivity index (χ0) is 14.3. The molecule has 0 atom stereocenters. The van der Waals surface area contributed by atoms with Crippen molar-refractivity contribution >= 4 is 13.2 Å². The van der Waals surface area contributed by atoms with Gasteiger partial charge in [0.25, 0.3) is 0 Å². The van der Waals surface area contributed by atoms with Gasteiger partial charge in [-0.05, 0) is 46.2 Å². The smallest absolute Gasteiger partial charge is 0.400 e. The third-order valence-electron chi connectivity index (χ3n) is 3.75. The third-order valence-corrected chi connectivity index (χ3v) is 3.75. The summed E-state index contributed by atoms with van der Waals surface area (Å²) in [5.74, 6) is 1.39. The van der Waals surface area contributed by atoms with E-state index >= 15 is 0 Å². The van der Waals surface area contributed by atoms with Crippen LogP contribution in [0.25, 0.3) is 6.08 Å². The Morgan fingerprint density at radius 3 is 2.32 bits per heavy atom. The number of aromatic nitrogens is 1. The zero-order valence-electron chi connectivity index (χ0n) is 12.0. The highest BCUT2D eigenvalue weighted by Crippen LogP contribution is 2.36. The minimum atomic E-state index is -0.437. The molecule has 1 aliphatic rings. The first kappa shape index (κ1) is 14.2. The second kappa shape index (κ2) is 4.73. The van der Waals surface area contributed by atoms with Crippen LogP contribution in [0.3, 0.4) is 0 Å². The number of pyridine rings is 1. The van der Waals surface area contributed by atoms with Crippen LogP contribution in [0, 0.1) is 12.9 Å². The molecule has 1 aromatic heterocycles. The molecular weight excluding hydrogens is 244 g/mol. The maximum absolute atomic E-state index is 13.1. The van der Waals surface area contributed by atoms with Crippen LogP contribution >= 0.6 is 0 Å². The van der Waals surface area contributed by atoms with E-state index in [9.17, 15) is 4.39 Å². The first-order chi connectivity index (χ1) is 8.71. The quantitative estimate of drug-likeness (QED) is 0.606. The van der Waals surface area contributed by atoms with E-state index in [0.29, 0.717) is 5.56 Å². The molecule has 19 heavy (non-hydrogen) atoms. The van der Waals surface area contributed by atoms with Crippen molar-refractivity contribution in [1.29, 1.82) is 0 Å². The zero-order valence-corrected chi connectivity index (χ0v) is 12.0. The number of halogens is 1. The van der Waals surface area contributed by atoms with Crippen molar-refractivity contribution in [3.8, 4) is 0 Å². The molecule has 2 heterocycles. The van der Waals surface area contributed by atoms with E-state index in [4.69, 9.17) is 9.31 Å². The molecule has 0 amide bonds. The van der Waals surface area contributed by atoms with Gasteiger partial charge in [0.05, 0.1) is 11.2 Å². The van der Waals surface area contributed by atoms with Gasteiger partial charge >= 0.3 is 7.12 Å². The summed E-state index contributed by atoms with van der Waals surface area (Å²) >= 11 is 0. The third kappa shape index (κ3) is 2.87. The van der Waals surface area contributed by atoms with Crippen molar-refractivity contribution in [2.24, 2.45) is 0 Å². The highest BCUT2D eigenvalue weighted by molar-refractivity contribution is 6.52. The van der Waals surface area contributed by atoms with Crippen LogP contribution in [0.2, 0.25) is 0 Å². The Hall–Kier alpha value is -1.20. The predicted molar refractivity (Wildman–Crippen MR) is 74.0 cm³/mol. The molecule has 0 spiro atoms. The first-order valence-electron chi connectivity index (χ1n) is 6.37. The SMILES string of the molecule is Cc1cc(/C=C/B2OC(C)(C)C(C)(C)O2)cnc1F. The number of hydrogen-bond acceptors (Lipinski definition) is 3. The number of rotatable bonds is 2. The largest absolute Gasteiger partial charge is 0.487 e. The highest BCUT2D eigenvalue weighted by atomic mass is 19.1. The monoisotopic (exact) mass is 263 g/mol. The van der Waals surface area contributed by atoms with E-state index in [0.717, 1.165) is 5.56 Å². The van der Waals surface area contributed by atoms with E-state index in [2.05, 4.69) is 4.98 Å². The summed E-state index contributed by atoms with van der Waals surface area (Å²) < 4.78 is 24.7. The molecule has 0 N–H and O–H groups in total. The number of aryl methyl sites for hydroxylation is 1. The van der Waals surface area contributed by atoms with Crippen molar-refractivity contribution in [2.45, 2.75) is 45.8 Å². The fourth-order valence-electron chi connectivity index (χ4n) is 1.83. The van der Waals surface area contributed by atoms with Crippen molar-refractivity contribution in [2.75, 3.05) is 0 Å². The summed E-state index contributed by atoms with van der Waals surface area (Å²) in [5.41, 5.74) is 0.655. The Bertz CT molecular complexity index is 498. The maximum Gasteiger partial charge on any atom is 0.487 e. The fraction of sp³-hybridized carbons (Fsp3) is 0.500. The number of hydrogen-bond donors (Lipinski definition) is 0. The molecule has 0 aliphatic carbocycles. The van der Waals surface area contributed by atoms with Gasteiger partial charge in [-0.25, -0.2) is 4.98 Å². The molecule has 5 heteroatoms. The van der Waals surface area contributed by atoms with Gasteiger partial charge in [-0.2, -0.15) is 4.39 Å². The molecule has 0 bridgehead atoms. The molecule has 0 radical (unpaired) electrons. The Labute approximate surface area is 114 Å². The summed E-state index contributed by atoms with van der Waals surface area (Å²) in [6.45, 7) is 9.71. The van der Waals surface area contributed by atoms with Crippen LogP contribution in [0.4, 0.5) is 4.39 Å². The van der Waals surface area contributed by atoms with Crippen molar-refractivity contribution < 1.29 is 13.7 Å². The lowest BCUT2D eigenvalue weighted by Crippen LogP contribution is -2.41. The van der Waals surface area contributed by atoms with Gasteiger partial charge in [0.15, 0.2) is 0 Å². The van der Waals surface area contributed by atoms with Crippen LogP contribution in [0.5, 0.6) is 0 Å². The predicted octanol–water partition coefficient (Wildman–Crippen LogP) is 3.17. The molecule has 1 aliphatic heterocycles. The molecule has 0 saturated carbocycles. The average molecular weight is 263 g/mol. The summed E-state index contributed by atoms with van der Waals surface area (Å²) in [6.07, 6.45) is 3.33. The normalized spacial score (nSPS) is 21.3. The van der Waals surface area contributed by atoms with E-state index in [-0.39, 0.29) is 11.2 Å². The second-order valence-corrected chi connectivity index (χ2v) is 5.86. The van der Waals surface area contributed by atoms with Crippen LogP contribution in [0.1, 0.15) is 38.8 Å². The highest BCUT2D eigenvalue weighted by Gasteiger charge is 2.49. The fourth-order valence-corrected chi connectivity index (χ4v) is 1.83. The van der Waals surface area contributed by atoms with Gasteiger partial charge in [0, 0.05) is 11.8 Å². The van der Waals surface area contributed by atoms with Crippen LogP contribution < -0.4 is 0 Å². The van der Waals surface area contributed by atoms with E-state index in [1.807, 2.05) is 39.7 Å². The van der Waals surface area contributed by atoms with Gasteiger partial charge in [0.2, 0.25) is 5.95 Å². The van der Waals surface area contributed by atoms with Gasteiger partial charge in [-0.3, -0.25) is 0 Å². The summed E-state index contributed by atoms with van der Waals surface area (Å²) in [5, 5.41) is 0. The van der Waals surface area contributed by atoms with Crippen LogP contribution in [-0.2, 0) is 9.31 Å². The lowest BCUT2D eigenvalue weighted by Gasteiger charge is -2.32. The number of nitrogens with zero attached hydrogens (tertiary/aromatic N) is 1. The Kier molecular flexibility index (Phi) is 3.54. The molecule has 102 valence electrons.